The van der Waals surface area contributed by atoms with Crippen LogP contribution in [0.3, 0.4) is 0 Å². The van der Waals surface area contributed by atoms with Gasteiger partial charge in [-0.05, 0) is 43.2 Å². The first-order chi connectivity index (χ1) is 14.3. The van der Waals surface area contributed by atoms with Gasteiger partial charge in [-0.15, -0.1) is 0 Å². The smallest absolute Gasteiger partial charge is 0.542 e. The zero-order valence-corrected chi connectivity index (χ0v) is 18.4. The maximum atomic E-state index is 12.4. The standard InChI is InChI=1S/C18H15ClN2O3.C2HF3O2.Ag/c1-11(22)15(8-12-2-4-13(10-20)5-3-12)18(24)21-17-9-14(23)6-7-16(17)19;3-2(4,5)1(6)7;/h2-7,9,15,23H,8H2,1H3,(H,21,24);(H,6,7);/q;;+1/p-1. The van der Waals surface area contributed by atoms with Crippen molar-refractivity contribution in [3.63, 3.8) is 0 Å². The minimum absolute atomic E-state index is 0. The number of hydrogen-bond acceptors (Lipinski definition) is 6. The van der Waals surface area contributed by atoms with E-state index in [-0.39, 0.29) is 51.0 Å². The number of aliphatic carboxylic acids is 1. The first-order valence-corrected chi connectivity index (χ1v) is 8.80. The zero-order chi connectivity index (χ0) is 23.8. The molecule has 0 spiro atoms. The Morgan fingerprint density at radius 1 is 1.19 bits per heavy atom. The van der Waals surface area contributed by atoms with Crippen LogP contribution in [0.5, 0.6) is 5.75 Å². The molecule has 32 heavy (non-hydrogen) atoms. The van der Waals surface area contributed by atoms with Crippen LogP contribution < -0.4 is 10.4 Å². The fourth-order valence-electron chi connectivity index (χ4n) is 2.20. The Labute approximate surface area is 201 Å². The van der Waals surface area contributed by atoms with Crippen LogP contribution in [0.15, 0.2) is 42.5 Å². The monoisotopic (exact) mass is 562 g/mol. The molecule has 0 bridgehead atoms. The van der Waals surface area contributed by atoms with Crippen molar-refractivity contribution < 1.29 is 60.1 Å². The summed E-state index contributed by atoms with van der Waals surface area (Å²) in [5.41, 5.74) is 1.52. The number of benzene rings is 2. The van der Waals surface area contributed by atoms with Gasteiger partial charge < -0.3 is 20.3 Å². The Balaban J connectivity index is 0.00000104. The molecule has 7 nitrogen and oxygen atoms in total. The zero-order valence-electron chi connectivity index (χ0n) is 16.2. The van der Waals surface area contributed by atoms with Crippen molar-refractivity contribution in [1.29, 1.82) is 5.26 Å². The van der Waals surface area contributed by atoms with Crippen LogP contribution in [0.4, 0.5) is 18.9 Å². The van der Waals surface area contributed by atoms with Gasteiger partial charge in [-0.1, -0.05) is 23.7 Å². The Kier molecular flexibility index (Phi) is 11.7. The molecule has 0 aliphatic rings. The number of alkyl halides is 3. The topological polar surface area (TPSA) is 130 Å². The summed E-state index contributed by atoms with van der Waals surface area (Å²) < 4.78 is 31.5. The SMILES string of the molecule is CC(=O)C(Cc1ccc(C#N)cc1)C(=O)Nc1cc(O)ccc1Cl.O=C([O-])C(F)(F)F.[Ag+]. The van der Waals surface area contributed by atoms with Gasteiger partial charge in [0.05, 0.1) is 22.3 Å². The molecule has 1 unspecified atom stereocenters. The largest absolute Gasteiger partial charge is 1.00 e. The molecule has 0 aromatic heterocycles. The number of amides is 1. The van der Waals surface area contributed by atoms with Crippen LogP contribution in [0.1, 0.15) is 18.1 Å². The molecular weight excluding hydrogens is 549 g/mol. The number of phenolic OH excluding ortho intramolecular Hbond substituents is 1. The maximum absolute atomic E-state index is 12.4. The molecule has 0 fully saturated rings. The van der Waals surface area contributed by atoms with E-state index in [1.54, 1.807) is 24.3 Å². The number of hydrogen-bond donors (Lipinski definition) is 2. The molecule has 0 aliphatic heterocycles. The molecule has 2 aromatic rings. The Hall–Kier alpha value is -2.84. The number of nitrogens with one attached hydrogen (secondary N) is 1. The van der Waals surface area contributed by atoms with Crippen molar-refractivity contribution in [2.24, 2.45) is 5.92 Å². The van der Waals surface area contributed by atoms with Gasteiger partial charge in [-0.25, -0.2) is 0 Å². The number of anilines is 1. The molecule has 12 heteroatoms. The molecule has 0 saturated heterocycles. The minimum atomic E-state index is -5.19. The third-order valence-electron chi connectivity index (χ3n) is 3.77. The first kappa shape index (κ1) is 29.2. The van der Waals surface area contributed by atoms with Crippen molar-refractivity contribution in [2.45, 2.75) is 19.5 Å². The average molecular weight is 564 g/mol. The van der Waals surface area contributed by atoms with Crippen LogP contribution in [-0.2, 0) is 43.2 Å². The first-order valence-electron chi connectivity index (χ1n) is 8.42. The number of nitriles is 1. The van der Waals surface area contributed by atoms with E-state index in [0.717, 1.165) is 5.56 Å². The molecular formula is C20H15AgClF3N2O5. The summed E-state index contributed by atoms with van der Waals surface area (Å²) in [4.78, 5) is 33.1. The predicted molar refractivity (Wildman–Crippen MR) is 102 cm³/mol. The van der Waals surface area contributed by atoms with E-state index in [0.29, 0.717) is 5.56 Å². The van der Waals surface area contributed by atoms with E-state index in [4.69, 9.17) is 26.8 Å². The number of carboxylic acids is 1. The summed E-state index contributed by atoms with van der Waals surface area (Å²) in [6, 6.07) is 12.9. The van der Waals surface area contributed by atoms with Gasteiger partial charge in [0.25, 0.3) is 0 Å². The summed E-state index contributed by atoms with van der Waals surface area (Å²) in [6.45, 7) is 1.35. The number of aromatic hydroxyl groups is 1. The number of carbonyl (C=O) groups excluding carboxylic acids is 3. The van der Waals surface area contributed by atoms with Crippen molar-refractivity contribution in [3.05, 3.63) is 58.6 Å². The molecule has 174 valence electrons. The summed E-state index contributed by atoms with van der Waals surface area (Å²) in [7, 11) is 0. The second-order valence-electron chi connectivity index (χ2n) is 6.11. The molecule has 1 amide bonds. The summed E-state index contributed by atoms with van der Waals surface area (Å²) in [5.74, 6) is -4.72. The quantitative estimate of drug-likeness (QED) is 0.425. The van der Waals surface area contributed by atoms with E-state index in [2.05, 4.69) is 5.32 Å². The van der Waals surface area contributed by atoms with Gasteiger partial charge in [-0.2, -0.15) is 18.4 Å². The summed E-state index contributed by atoms with van der Waals surface area (Å²) in [5, 5.41) is 29.9. The number of Topliss-reactive ketones (excluding diaryl/α,β-unsaturated/α-hetero) is 1. The molecule has 0 aliphatic carbocycles. The molecule has 0 heterocycles. The number of carboxylic acid groups (broad SMARTS) is 1. The fourth-order valence-corrected chi connectivity index (χ4v) is 2.37. The summed E-state index contributed by atoms with van der Waals surface area (Å²) in [6.07, 6.45) is -4.98. The molecule has 2 N–H and O–H groups in total. The average Bonchev–Trinajstić information content (AvgIpc) is 2.68. The van der Waals surface area contributed by atoms with E-state index in [1.807, 2.05) is 6.07 Å². The van der Waals surface area contributed by atoms with E-state index in [1.165, 1.54) is 25.1 Å². The third-order valence-corrected chi connectivity index (χ3v) is 4.10. The van der Waals surface area contributed by atoms with Crippen LogP contribution in [-0.4, -0.2) is 28.9 Å². The molecule has 0 saturated carbocycles. The molecule has 2 aromatic carbocycles. The number of carbonyl (C=O) groups is 3. The van der Waals surface area contributed by atoms with Crippen LogP contribution in [0, 0.1) is 17.2 Å². The van der Waals surface area contributed by atoms with Crippen LogP contribution in [0.2, 0.25) is 5.02 Å². The number of rotatable bonds is 5. The van der Waals surface area contributed by atoms with Crippen LogP contribution in [0.25, 0.3) is 0 Å². The number of phenols is 1. The van der Waals surface area contributed by atoms with Gasteiger partial charge in [0, 0.05) is 6.07 Å². The number of halogens is 4. The van der Waals surface area contributed by atoms with Gasteiger partial charge >= 0.3 is 28.6 Å². The Morgan fingerprint density at radius 2 is 1.72 bits per heavy atom. The number of ketones is 1. The molecule has 2 rings (SSSR count). The number of nitrogens with zero attached hydrogens (tertiary/aromatic N) is 1. The maximum Gasteiger partial charge on any atom is 1.00 e. The van der Waals surface area contributed by atoms with Crippen molar-refractivity contribution in [1.82, 2.24) is 0 Å². The third kappa shape index (κ3) is 9.53. The predicted octanol–water partition coefficient (Wildman–Crippen LogP) is 2.60. The normalized spacial score (nSPS) is 11.0. The van der Waals surface area contributed by atoms with Gasteiger partial charge in [0.15, 0.2) is 0 Å². The Bertz CT molecular complexity index is 1010. The molecule has 0 radical (unpaired) electrons. The molecule has 1 atom stereocenters. The Morgan fingerprint density at radius 3 is 2.16 bits per heavy atom. The van der Waals surface area contributed by atoms with Crippen molar-refractivity contribution in [3.8, 4) is 11.8 Å². The minimum Gasteiger partial charge on any atom is -0.542 e. The van der Waals surface area contributed by atoms with Crippen molar-refractivity contribution >= 4 is 34.9 Å². The second-order valence-corrected chi connectivity index (χ2v) is 6.52. The van der Waals surface area contributed by atoms with E-state index < -0.39 is 24.0 Å². The van der Waals surface area contributed by atoms with Gasteiger partial charge in [0.1, 0.15) is 23.4 Å². The van der Waals surface area contributed by atoms with E-state index in [9.17, 15) is 27.9 Å². The van der Waals surface area contributed by atoms with Crippen molar-refractivity contribution in [2.75, 3.05) is 5.32 Å². The summed E-state index contributed by atoms with van der Waals surface area (Å²) >= 11 is 5.98. The van der Waals surface area contributed by atoms with Gasteiger partial charge in [0.2, 0.25) is 5.91 Å². The van der Waals surface area contributed by atoms with Crippen LogP contribution >= 0.6 is 11.6 Å². The van der Waals surface area contributed by atoms with Gasteiger partial charge in [-0.3, -0.25) is 9.59 Å². The van der Waals surface area contributed by atoms with E-state index >= 15 is 0 Å². The second kappa shape index (κ2) is 12.9. The fraction of sp³-hybridized carbons (Fsp3) is 0.200.